The molecule has 4 rings (SSSR count). The topological polar surface area (TPSA) is 60.6 Å². The van der Waals surface area contributed by atoms with Crippen molar-refractivity contribution in [3.63, 3.8) is 0 Å². The highest BCUT2D eigenvalue weighted by molar-refractivity contribution is 7.13. The van der Waals surface area contributed by atoms with Crippen molar-refractivity contribution in [2.75, 3.05) is 27.3 Å². The molecule has 0 spiro atoms. The molecule has 2 heterocycles. The second-order valence-corrected chi connectivity index (χ2v) is 7.94. The summed E-state index contributed by atoms with van der Waals surface area (Å²) < 4.78 is 10.8. The van der Waals surface area contributed by atoms with Crippen LogP contribution in [0, 0.1) is 0 Å². The number of rotatable bonds is 6. The maximum atomic E-state index is 6.43. The van der Waals surface area contributed by atoms with E-state index in [9.17, 15) is 0 Å². The highest BCUT2D eigenvalue weighted by atomic mass is 32.1. The highest BCUT2D eigenvalue weighted by Gasteiger charge is 2.31. The quantitative estimate of drug-likeness (QED) is 0.689. The van der Waals surface area contributed by atoms with Gasteiger partial charge >= 0.3 is 0 Å². The third-order valence-corrected chi connectivity index (χ3v) is 6.17. The molecule has 3 aromatic rings. The molecule has 6 heteroatoms. The SMILES string of the molecule is COc1ccc(-c2nc(CN3C[C@@H](N)[C@H](c4ccccc4)C3)cs2)c(OC)c1. The van der Waals surface area contributed by atoms with Crippen LogP contribution in [0.5, 0.6) is 11.5 Å². The minimum Gasteiger partial charge on any atom is -0.497 e. The second-order valence-electron chi connectivity index (χ2n) is 7.09. The number of nitrogens with zero attached hydrogens (tertiary/aromatic N) is 2. The summed E-state index contributed by atoms with van der Waals surface area (Å²) >= 11 is 1.64. The largest absolute Gasteiger partial charge is 0.497 e. The second kappa shape index (κ2) is 8.31. The summed E-state index contributed by atoms with van der Waals surface area (Å²) in [6.07, 6.45) is 0. The molecule has 1 fully saturated rings. The molecule has 0 saturated carbocycles. The molecule has 2 N–H and O–H groups in total. The van der Waals surface area contributed by atoms with Gasteiger partial charge < -0.3 is 15.2 Å². The number of ether oxygens (including phenoxy) is 2. The molecule has 28 heavy (non-hydrogen) atoms. The lowest BCUT2D eigenvalue weighted by molar-refractivity contribution is 0.320. The predicted molar refractivity (Wildman–Crippen MR) is 113 cm³/mol. The Labute approximate surface area is 169 Å². The van der Waals surface area contributed by atoms with Crippen LogP contribution < -0.4 is 15.2 Å². The van der Waals surface area contributed by atoms with Gasteiger partial charge in [0.15, 0.2) is 0 Å². The van der Waals surface area contributed by atoms with Gasteiger partial charge in [-0.25, -0.2) is 4.98 Å². The summed E-state index contributed by atoms with van der Waals surface area (Å²) in [7, 11) is 3.32. The molecule has 2 aromatic carbocycles. The molecule has 1 aromatic heterocycles. The van der Waals surface area contributed by atoms with Crippen molar-refractivity contribution in [1.29, 1.82) is 0 Å². The summed E-state index contributed by atoms with van der Waals surface area (Å²) in [5.74, 6) is 1.92. The Bertz CT molecular complexity index is 929. The van der Waals surface area contributed by atoms with Crippen LogP contribution >= 0.6 is 11.3 Å². The molecule has 0 radical (unpaired) electrons. The van der Waals surface area contributed by atoms with Crippen molar-refractivity contribution in [3.8, 4) is 22.1 Å². The Morgan fingerprint density at radius 2 is 1.93 bits per heavy atom. The first-order valence-electron chi connectivity index (χ1n) is 9.37. The van der Waals surface area contributed by atoms with Crippen molar-refractivity contribution in [1.82, 2.24) is 9.88 Å². The zero-order chi connectivity index (χ0) is 19.5. The van der Waals surface area contributed by atoms with Gasteiger partial charge in [0.05, 0.1) is 25.5 Å². The van der Waals surface area contributed by atoms with Gasteiger partial charge in [-0.1, -0.05) is 30.3 Å². The zero-order valence-corrected chi connectivity index (χ0v) is 17.0. The molecule has 0 bridgehead atoms. The zero-order valence-electron chi connectivity index (χ0n) is 16.2. The normalized spacial score (nSPS) is 19.7. The highest BCUT2D eigenvalue weighted by Crippen LogP contribution is 2.35. The van der Waals surface area contributed by atoms with E-state index < -0.39 is 0 Å². The van der Waals surface area contributed by atoms with Crippen LogP contribution in [-0.2, 0) is 6.54 Å². The maximum Gasteiger partial charge on any atom is 0.132 e. The molecule has 1 aliphatic rings. The van der Waals surface area contributed by atoms with E-state index in [-0.39, 0.29) is 6.04 Å². The summed E-state index contributed by atoms with van der Waals surface area (Å²) in [6, 6.07) is 16.5. The standard InChI is InChI=1S/C22H25N3O2S/c1-26-17-8-9-18(21(10-17)27-2)22-24-16(14-28-22)11-25-12-19(20(23)13-25)15-6-4-3-5-7-15/h3-10,14,19-20H,11-13,23H2,1-2H3/t19-,20+/m0/s1. The number of benzene rings is 2. The summed E-state index contributed by atoms with van der Waals surface area (Å²) in [5.41, 5.74) is 9.80. The summed E-state index contributed by atoms with van der Waals surface area (Å²) in [6.45, 7) is 2.66. The molecule has 1 aliphatic heterocycles. The molecular weight excluding hydrogens is 370 g/mol. The Hall–Kier alpha value is -2.41. The van der Waals surface area contributed by atoms with Gasteiger partial charge in [-0.05, 0) is 17.7 Å². The van der Waals surface area contributed by atoms with E-state index in [1.54, 1.807) is 25.6 Å². The maximum absolute atomic E-state index is 6.43. The minimum atomic E-state index is 0.155. The van der Waals surface area contributed by atoms with E-state index in [1.165, 1.54) is 5.56 Å². The van der Waals surface area contributed by atoms with Crippen LogP contribution in [0.15, 0.2) is 53.9 Å². The lowest BCUT2D eigenvalue weighted by Gasteiger charge is -2.15. The monoisotopic (exact) mass is 395 g/mol. The number of likely N-dealkylation sites (tertiary alicyclic amines) is 1. The number of nitrogens with two attached hydrogens (primary N) is 1. The fraction of sp³-hybridized carbons (Fsp3) is 0.318. The first-order chi connectivity index (χ1) is 13.7. The average Bonchev–Trinajstić information content (AvgIpc) is 3.34. The molecule has 2 atom stereocenters. The van der Waals surface area contributed by atoms with Gasteiger partial charge in [-0.2, -0.15) is 0 Å². The van der Waals surface area contributed by atoms with Gasteiger partial charge in [0, 0.05) is 43.0 Å². The van der Waals surface area contributed by atoms with Crippen LogP contribution in [0.1, 0.15) is 17.2 Å². The molecule has 1 saturated heterocycles. The van der Waals surface area contributed by atoms with Crippen LogP contribution in [0.3, 0.4) is 0 Å². The van der Waals surface area contributed by atoms with Gasteiger partial charge in [-0.3, -0.25) is 4.90 Å². The van der Waals surface area contributed by atoms with Crippen LogP contribution in [0.25, 0.3) is 10.6 Å². The minimum absolute atomic E-state index is 0.155. The molecule has 5 nitrogen and oxygen atoms in total. The number of hydrogen-bond acceptors (Lipinski definition) is 6. The van der Waals surface area contributed by atoms with Crippen LogP contribution in [0.2, 0.25) is 0 Å². The van der Waals surface area contributed by atoms with Crippen molar-refractivity contribution >= 4 is 11.3 Å². The van der Waals surface area contributed by atoms with E-state index >= 15 is 0 Å². The lowest BCUT2D eigenvalue weighted by Crippen LogP contribution is -2.28. The lowest BCUT2D eigenvalue weighted by atomic mass is 9.95. The Balaban J connectivity index is 1.47. The van der Waals surface area contributed by atoms with E-state index in [0.29, 0.717) is 5.92 Å². The summed E-state index contributed by atoms with van der Waals surface area (Å²) in [5, 5.41) is 3.08. The van der Waals surface area contributed by atoms with Crippen molar-refractivity contribution < 1.29 is 9.47 Å². The van der Waals surface area contributed by atoms with Crippen LogP contribution in [0.4, 0.5) is 0 Å². The van der Waals surface area contributed by atoms with Gasteiger partial charge in [0.2, 0.25) is 0 Å². The van der Waals surface area contributed by atoms with E-state index in [1.807, 2.05) is 24.3 Å². The van der Waals surface area contributed by atoms with Gasteiger partial charge in [-0.15, -0.1) is 11.3 Å². The van der Waals surface area contributed by atoms with Crippen molar-refractivity contribution in [2.45, 2.75) is 18.5 Å². The Kier molecular flexibility index (Phi) is 5.62. The van der Waals surface area contributed by atoms with Gasteiger partial charge in [0.1, 0.15) is 16.5 Å². The molecular formula is C22H25N3O2S. The smallest absolute Gasteiger partial charge is 0.132 e. The van der Waals surface area contributed by atoms with Crippen LogP contribution in [-0.4, -0.2) is 43.2 Å². The first-order valence-corrected chi connectivity index (χ1v) is 10.3. The fourth-order valence-corrected chi connectivity index (χ4v) is 4.64. The number of aromatic nitrogens is 1. The molecule has 0 aliphatic carbocycles. The van der Waals surface area contributed by atoms with E-state index in [2.05, 4.69) is 34.5 Å². The Morgan fingerprint density at radius 1 is 1.11 bits per heavy atom. The number of thiazole rings is 1. The third kappa shape index (κ3) is 3.90. The Morgan fingerprint density at radius 3 is 2.68 bits per heavy atom. The van der Waals surface area contributed by atoms with E-state index in [4.69, 9.17) is 20.2 Å². The molecule has 146 valence electrons. The van der Waals surface area contributed by atoms with Gasteiger partial charge in [0.25, 0.3) is 0 Å². The molecule has 0 unspecified atom stereocenters. The van der Waals surface area contributed by atoms with Crippen molar-refractivity contribution in [2.24, 2.45) is 5.73 Å². The third-order valence-electron chi connectivity index (χ3n) is 5.24. The summed E-state index contributed by atoms with van der Waals surface area (Å²) in [4.78, 5) is 7.24. The first kappa shape index (κ1) is 18.9. The predicted octanol–water partition coefficient (Wildman–Crippen LogP) is 3.75. The fourth-order valence-electron chi connectivity index (χ4n) is 3.80. The van der Waals surface area contributed by atoms with Crippen molar-refractivity contribution in [3.05, 3.63) is 65.2 Å². The number of methoxy groups -OCH3 is 2. The van der Waals surface area contributed by atoms with E-state index in [0.717, 1.165) is 47.4 Å². The molecule has 0 amide bonds. The number of hydrogen-bond donors (Lipinski definition) is 1. The average molecular weight is 396 g/mol.